The van der Waals surface area contributed by atoms with E-state index in [4.69, 9.17) is 5.14 Å². The Morgan fingerprint density at radius 3 is 2.45 bits per heavy atom. The van der Waals surface area contributed by atoms with E-state index in [-0.39, 0.29) is 22.8 Å². The first kappa shape index (κ1) is 16.7. The first-order valence-corrected chi connectivity index (χ1v) is 8.53. The molecule has 1 aliphatic carbocycles. The summed E-state index contributed by atoms with van der Waals surface area (Å²) >= 11 is 0. The molecule has 1 fully saturated rings. The van der Waals surface area contributed by atoms with Crippen LogP contribution in [0.5, 0.6) is 0 Å². The highest BCUT2D eigenvalue weighted by Gasteiger charge is 2.29. The lowest BCUT2D eigenvalue weighted by Gasteiger charge is -2.32. The summed E-state index contributed by atoms with van der Waals surface area (Å²) in [5.41, 5.74) is -0.994. The molecule has 0 aliphatic heterocycles. The van der Waals surface area contributed by atoms with Crippen LogP contribution in [0.2, 0.25) is 0 Å². The lowest BCUT2D eigenvalue weighted by atomic mass is 9.85. The number of nitrogens with two attached hydrogens (primary N) is 1. The maximum atomic E-state index is 11.4. The topological polar surface area (TPSA) is 136 Å². The molecule has 0 bridgehead atoms. The highest BCUT2D eigenvalue weighted by molar-refractivity contribution is 7.89. The van der Waals surface area contributed by atoms with E-state index in [9.17, 15) is 23.6 Å². The maximum absolute atomic E-state index is 11.4. The predicted octanol–water partition coefficient (Wildman–Crippen LogP) is 1.35. The van der Waals surface area contributed by atoms with Gasteiger partial charge < -0.3 is 10.4 Å². The van der Waals surface area contributed by atoms with Crippen molar-refractivity contribution in [3.05, 3.63) is 28.3 Å². The number of nitrogens with zero attached hydrogens (tertiary/aromatic N) is 1. The SMILES string of the molecule is NS(=O)(=O)c1cc(NCC2(O)CCCCC2)cc([N+](=O)[O-])c1. The van der Waals surface area contributed by atoms with Gasteiger partial charge in [0.15, 0.2) is 0 Å². The number of nitrogens with one attached hydrogen (secondary N) is 1. The summed E-state index contributed by atoms with van der Waals surface area (Å²) < 4.78 is 22.8. The fourth-order valence-electron chi connectivity index (χ4n) is 2.61. The van der Waals surface area contributed by atoms with Crippen LogP contribution in [0, 0.1) is 10.1 Å². The summed E-state index contributed by atoms with van der Waals surface area (Å²) in [5.74, 6) is 0. The number of benzene rings is 1. The average Bonchev–Trinajstić information content (AvgIpc) is 2.45. The molecule has 8 nitrogen and oxygen atoms in total. The lowest BCUT2D eigenvalue weighted by molar-refractivity contribution is -0.385. The standard InChI is InChI=1S/C13H19N3O5S/c14-22(20,21)12-7-10(6-11(8-12)16(18)19)15-9-13(17)4-2-1-3-5-13/h6-8,15,17H,1-5,9H2,(H2,14,20,21). The number of non-ortho nitro benzene ring substituents is 1. The Hall–Kier alpha value is -1.71. The Morgan fingerprint density at radius 1 is 1.27 bits per heavy atom. The van der Waals surface area contributed by atoms with Gasteiger partial charge in [-0.15, -0.1) is 0 Å². The van der Waals surface area contributed by atoms with Gasteiger partial charge in [-0.05, 0) is 18.9 Å². The Kier molecular flexibility index (Phi) is 4.69. The van der Waals surface area contributed by atoms with Gasteiger partial charge in [0.25, 0.3) is 5.69 Å². The van der Waals surface area contributed by atoms with E-state index in [0.717, 1.165) is 25.3 Å². The summed E-state index contributed by atoms with van der Waals surface area (Å²) in [6.07, 6.45) is 4.23. The molecule has 0 aromatic heterocycles. The van der Waals surface area contributed by atoms with E-state index in [1.807, 2.05) is 0 Å². The van der Waals surface area contributed by atoms with Gasteiger partial charge in [-0.2, -0.15) is 0 Å². The summed E-state index contributed by atoms with van der Waals surface area (Å²) in [4.78, 5) is 9.88. The van der Waals surface area contributed by atoms with Gasteiger partial charge in [0.05, 0.1) is 15.4 Å². The predicted molar refractivity (Wildman–Crippen MR) is 81.0 cm³/mol. The van der Waals surface area contributed by atoms with Crippen molar-refractivity contribution in [1.82, 2.24) is 0 Å². The minimum Gasteiger partial charge on any atom is -0.388 e. The van der Waals surface area contributed by atoms with Gasteiger partial charge in [0, 0.05) is 24.4 Å². The summed E-state index contributed by atoms with van der Waals surface area (Å²) in [5, 5.41) is 29.2. The number of hydrogen-bond acceptors (Lipinski definition) is 6. The number of nitro benzene ring substituents is 1. The third kappa shape index (κ3) is 4.15. The smallest absolute Gasteiger partial charge is 0.272 e. The molecule has 1 aromatic carbocycles. The van der Waals surface area contributed by atoms with Crippen LogP contribution in [0.15, 0.2) is 23.1 Å². The van der Waals surface area contributed by atoms with Crippen LogP contribution in [0.3, 0.4) is 0 Å². The van der Waals surface area contributed by atoms with Crippen molar-refractivity contribution in [2.24, 2.45) is 5.14 Å². The van der Waals surface area contributed by atoms with Crippen molar-refractivity contribution in [2.45, 2.75) is 42.6 Å². The molecule has 0 atom stereocenters. The quantitative estimate of drug-likeness (QED) is 0.551. The highest BCUT2D eigenvalue weighted by atomic mass is 32.2. The van der Waals surface area contributed by atoms with E-state index in [0.29, 0.717) is 12.8 Å². The van der Waals surface area contributed by atoms with Crippen LogP contribution in [0.25, 0.3) is 0 Å². The zero-order chi connectivity index (χ0) is 16.4. The number of primary sulfonamides is 1. The van der Waals surface area contributed by atoms with Crippen molar-refractivity contribution in [3.63, 3.8) is 0 Å². The van der Waals surface area contributed by atoms with Gasteiger partial charge in [-0.1, -0.05) is 19.3 Å². The van der Waals surface area contributed by atoms with Gasteiger partial charge in [0.2, 0.25) is 10.0 Å². The Morgan fingerprint density at radius 2 is 1.91 bits per heavy atom. The van der Waals surface area contributed by atoms with Crippen LogP contribution in [0.1, 0.15) is 32.1 Å². The van der Waals surface area contributed by atoms with Crippen molar-refractivity contribution in [2.75, 3.05) is 11.9 Å². The van der Waals surface area contributed by atoms with E-state index >= 15 is 0 Å². The van der Waals surface area contributed by atoms with E-state index in [2.05, 4.69) is 5.32 Å². The van der Waals surface area contributed by atoms with Crippen LogP contribution in [-0.4, -0.2) is 30.6 Å². The molecule has 0 spiro atoms. The van der Waals surface area contributed by atoms with Crippen molar-refractivity contribution < 1.29 is 18.4 Å². The first-order chi connectivity index (χ1) is 10.2. The minimum absolute atomic E-state index is 0.207. The molecule has 4 N–H and O–H groups in total. The van der Waals surface area contributed by atoms with Crippen molar-refractivity contribution >= 4 is 21.4 Å². The first-order valence-electron chi connectivity index (χ1n) is 6.98. The molecule has 9 heteroatoms. The summed E-state index contributed by atoms with van der Waals surface area (Å²) in [7, 11) is -4.05. The molecule has 0 saturated heterocycles. The summed E-state index contributed by atoms with van der Waals surface area (Å²) in [6.45, 7) is 0.207. The Bertz CT molecular complexity index is 668. The van der Waals surface area contributed by atoms with Gasteiger partial charge in [-0.25, -0.2) is 13.6 Å². The second-order valence-corrected chi connectivity index (χ2v) is 7.22. The number of aliphatic hydroxyl groups is 1. The molecule has 122 valence electrons. The van der Waals surface area contributed by atoms with Gasteiger partial charge >= 0.3 is 0 Å². The molecule has 0 radical (unpaired) electrons. The highest BCUT2D eigenvalue weighted by Crippen LogP contribution is 2.29. The molecule has 0 unspecified atom stereocenters. The molecule has 0 heterocycles. The zero-order valence-corrected chi connectivity index (χ0v) is 12.8. The molecule has 2 rings (SSSR count). The summed E-state index contributed by atoms with van der Waals surface area (Å²) in [6, 6.07) is 3.37. The Balaban J connectivity index is 2.23. The minimum atomic E-state index is -4.05. The number of sulfonamides is 1. The van der Waals surface area contributed by atoms with Crippen LogP contribution in [0.4, 0.5) is 11.4 Å². The van der Waals surface area contributed by atoms with Crippen LogP contribution < -0.4 is 10.5 Å². The molecular weight excluding hydrogens is 310 g/mol. The third-order valence-electron chi connectivity index (χ3n) is 3.84. The number of hydrogen-bond donors (Lipinski definition) is 3. The molecular formula is C13H19N3O5S. The van der Waals surface area contributed by atoms with E-state index < -0.39 is 20.5 Å². The lowest BCUT2D eigenvalue weighted by Crippen LogP contribution is -2.38. The third-order valence-corrected chi connectivity index (χ3v) is 4.73. The molecule has 1 aromatic rings. The van der Waals surface area contributed by atoms with Crippen LogP contribution >= 0.6 is 0 Å². The monoisotopic (exact) mass is 329 g/mol. The Labute approximate surface area is 128 Å². The van der Waals surface area contributed by atoms with E-state index in [1.54, 1.807) is 0 Å². The van der Waals surface area contributed by atoms with Crippen molar-refractivity contribution in [3.8, 4) is 0 Å². The number of nitro groups is 1. The fraction of sp³-hybridized carbons (Fsp3) is 0.538. The average molecular weight is 329 g/mol. The van der Waals surface area contributed by atoms with Gasteiger partial charge in [0.1, 0.15) is 0 Å². The fourth-order valence-corrected chi connectivity index (χ4v) is 3.18. The van der Waals surface area contributed by atoms with Crippen LogP contribution in [-0.2, 0) is 10.0 Å². The molecule has 1 saturated carbocycles. The van der Waals surface area contributed by atoms with Gasteiger partial charge in [-0.3, -0.25) is 10.1 Å². The second-order valence-electron chi connectivity index (χ2n) is 5.66. The van der Waals surface area contributed by atoms with E-state index in [1.165, 1.54) is 12.1 Å². The zero-order valence-electron chi connectivity index (χ0n) is 12.0. The molecule has 1 aliphatic rings. The number of rotatable bonds is 5. The second kappa shape index (κ2) is 6.19. The maximum Gasteiger partial charge on any atom is 0.272 e. The molecule has 22 heavy (non-hydrogen) atoms. The largest absolute Gasteiger partial charge is 0.388 e. The number of anilines is 1. The normalized spacial score (nSPS) is 17.9. The van der Waals surface area contributed by atoms with Crippen molar-refractivity contribution in [1.29, 1.82) is 0 Å². The molecule has 0 amide bonds.